The predicted molar refractivity (Wildman–Crippen MR) is 157 cm³/mol. The zero-order chi connectivity index (χ0) is 28.8. The van der Waals surface area contributed by atoms with Crippen molar-refractivity contribution in [1.82, 2.24) is 20.3 Å². The van der Waals surface area contributed by atoms with E-state index >= 15 is 0 Å². The Kier molecular flexibility index (Phi) is 8.24. The first kappa shape index (κ1) is 27.4. The lowest BCUT2D eigenvalue weighted by atomic mass is 9.97. The van der Waals surface area contributed by atoms with Crippen LogP contribution in [0.4, 0.5) is 5.69 Å². The zero-order valence-corrected chi connectivity index (χ0v) is 23.2. The maximum absolute atomic E-state index is 14.4. The summed E-state index contributed by atoms with van der Waals surface area (Å²) in [7, 11) is 3.07. The van der Waals surface area contributed by atoms with Gasteiger partial charge in [0.1, 0.15) is 29.6 Å². The summed E-state index contributed by atoms with van der Waals surface area (Å²) in [6, 6.07) is 28.7. The maximum Gasteiger partial charge on any atom is 0.249 e. The van der Waals surface area contributed by atoms with Gasteiger partial charge in [-0.1, -0.05) is 71.9 Å². The van der Waals surface area contributed by atoms with E-state index in [0.29, 0.717) is 40.3 Å². The molecule has 0 fully saturated rings. The van der Waals surface area contributed by atoms with Crippen LogP contribution >= 0.6 is 0 Å². The third kappa shape index (κ3) is 5.89. The Morgan fingerprint density at radius 1 is 0.902 bits per heavy atom. The van der Waals surface area contributed by atoms with Gasteiger partial charge in [-0.15, -0.1) is 5.10 Å². The van der Waals surface area contributed by atoms with E-state index in [9.17, 15) is 9.59 Å². The van der Waals surface area contributed by atoms with Crippen LogP contribution in [0.1, 0.15) is 22.7 Å². The summed E-state index contributed by atoms with van der Waals surface area (Å²) in [4.78, 5) is 30.0. The van der Waals surface area contributed by atoms with E-state index in [1.807, 2.05) is 85.8 Å². The first-order valence-electron chi connectivity index (χ1n) is 13.2. The minimum absolute atomic E-state index is 0.158. The van der Waals surface area contributed by atoms with Crippen molar-refractivity contribution in [2.24, 2.45) is 0 Å². The van der Waals surface area contributed by atoms with Crippen molar-refractivity contribution >= 4 is 28.5 Å². The molecule has 208 valence electrons. The van der Waals surface area contributed by atoms with E-state index in [4.69, 9.17) is 9.47 Å². The summed E-state index contributed by atoms with van der Waals surface area (Å²) in [5.74, 6) is 0.204. The van der Waals surface area contributed by atoms with Crippen LogP contribution in [0.25, 0.3) is 11.0 Å². The number of ether oxygens (including phenoxy) is 2. The summed E-state index contributed by atoms with van der Waals surface area (Å²) in [6.07, 6.45) is 0. The van der Waals surface area contributed by atoms with Gasteiger partial charge in [-0.05, 0) is 47.9 Å². The Labute approximate surface area is 238 Å². The summed E-state index contributed by atoms with van der Waals surface area (Å²) in [6.45, 7) is 2.06. The molecule has 0 aliphatic carbocycles. The molecule has 2 amide bonds. The SMILES string of the molecule is COc1ccc(OC)c(N(C(=O)Cn2nnc3ccccc32)C(C(=O)NCc2ccccc2)c2ccccc2C)c1. The monoisotopic (exact) mass is 549 g/mol. The van der Waals surface area contributed by atoms with Crippen LogP contribution in [0, 0.1) is 6.92 Å². The van der Waals surface area contributed by atoms with Crippen molar-refractivity contribution in [2.75, 3.05) is 19.1 Å². The number of hydrogen-bond acceptors (Lipinski definition) is 6. The number of aromatic nitrogens is 3. The number of methoxy groups -OCH3 is 2. The van der Waals surface area contributed by atoms with Crippen molar-refractivity contribution in [3.8, 4) is 11.5 Å². The number of rotatable bonds is 10. The second-order valence-electron chi connectivity index (χ2n) is 9.50. The fourth-order valence-electron chi connectivity index (χ4n) is 4.81. The van der Waals surface area contributed by atoms with Crippen LogP contribution in [0.15, 0.2) is 97.1 Å². The third-order valence-electron chi connectivity index (χ3n) is 6.92. The molecule has 4 aromatic carbocycles. The number of carbonyl (C=O) groups excluding carboxylic acids is 2. The molecule has 0 saturated carbocycles. The molecule has 0 spiro atoms. The Bertz CT molecular complexity index is 1670. The van der Waals surface area contributed by atoms with Crippen LogP contribution in [-0.4, -0.2) is 41.0 Å². The minimum Gasteiger partial charge on any atom is -0.497 e. The van der Waals surface area contributed by atoms with Crippen molar-refractivity contribution in [1.29, 1.82) is 0 Å². The molecular formula is C32H31N5O4. The van der Waals surface area contributed by atoms with Crippen molar-refractivity contribution in [3.05, 3.63) is 114 Å². The predicted octanol–water partition coefficient (Wildman–Crippen LogP) is 4.85. The third-order valence-corrected chi connectivity index (χ3v) is 6.92. The molecule has 1 heterocycles. The average molecular weight is 550 g/mol. The van der Waals surface area contributed by atoms with Gasteiger partial charge in [0, 0.05) is 12.6 Å². The lowest BCUT2D eigenvalue weighted by Crippen LogP contribution is -2.45. The molecule has 9 nitrogen and oxygen atoms in total. The van der Waals surface area contributed by atoms with Crippen LogP contribution in [0.3, 0.4) is 0 Å². The van der Waals surface area contributed by atoms with Crippen molar-refractivity contribution in [3.63, 3.8) is 0 Å². The second kappa shape index (κ2) is 12.3. The summed E-state index contributed by atoms with van der Waals surface area (Å²) < 4.78 is 12.7. The number of para-hydroxylation sites is 1. The Morgan fingerprint density at radius 3 is 2.39 bits per heavy atom. The van der Waals surface area contributed by atoms with E-state index in [-0.39, 0.29) is 18.4 Å². The molecule has 1 N–H and O–H groups in total. The molecule has 1 atom stereocenters. The molecule has 1 unspecified atom stereocenters. The van der Waals surface area contributed by atoms with Gasteiger partial charge in [0.25, 0.3) is 0 Å². The molecule has 0 aliphatic heterocycles. The lowest BCUT2D eigenvalue weighted by Gasteiger charge is -2.33. The Hall–Kier alpha value is -5.18. The van der Waals surface area contributed by atoms with Crippen LogP contribution in [0.5, 0.6) is 11.5 Å². The van der Waals surface area contributed by atoms with E-state index in [1.165, 1.54) is 16.7 Å². The molecule has 9 heteroatoms. The average Bonchev–Trinajstić information content (AvgIpc) is 3.41. The Balaban J connectivity index is 1.63. The highest BCUT2D eigenvalue weighted by Gasteiger charge is 2.36. The van der Waals surface area contributed by atoms with E-state index in [1.54, 1.807) is 25.3 Å². The van der Waals surface area contributed by atoms with Gasteiger partial charge in [-0.3, -0.25) is 14.5 Å². The molecule has 5 aromatic rings. The molecule has 0 aliphatic rings. The first-order valence-corrected chi connectivity index (χ1v) is 13.2. The zero-order valence-electron chi connectivity index (χ0n) is 23.2. The van der Waals surface area contributed by atoms with Crippen LogP contribution in [0.2, 0.25) is 0 Å². The quantitative estimate of drug-likeness (QED) is 0.268. The number of anilines is 1. The summed E-state index contributed by atoms with van der Waals surface area (Å²) >= 11 is 0. The normalized spacial score (nSPS) is 11.6. The van der Waals surface area contributed by atoms with Gasteiger partial charge in [0.15, 0.2) is 0 Å². The smallest absolute Gasteiger partial charge is 0.249 e. The van der Waals surface area contributed by atoms with Crippen molar-refractivity contribution < 1.29 is 19.1 Å². The highest BCUT2D eigenvalue weighted by Crippen LogP contribution is 2.38. The van der Waals surface area contributed by atoms with Gasteiger partial charge in [0.05, 0.1) is 25.4 Å². The van der Waals surface area contributed by atoms with Crippen LogP contribution in [-0.2, 0) is 22.7 Å². The summed E-state index contributed by atoms with van der Waals surface area (Å²) in [5, 5.41) is 11.5. The lowest BCUT2D eigenvalue weighted by molar-refractivity contribution is -0.127. The molecule has 5 rings (SSSR count). The fourth-order valence-corrected chi connectivity index (χ4v) is 4.81. The number of fused-ring (bicyclic) bond motifs is 1. The molecule has 41 heavy (non-hydrogen) atoms. The van der Waals surface area contributed by atoms with Gasteiger partial charge in [-0.25, -0.2) is 4.68 Å². The molecule has 0 radical (unpaired) electrons. The number of carbonyl (C=O) groups is 2. The first-order chi connectivity index (χ1) is 20.0. The van der Waals surface area contributed by atoms with Gasteiger partial charge in [-0.2, -0.15) is 0 Å². The molecule has 0 bridgehead atoms. The fraction of sp³-hybridized carbons (Fsp3) is 0.188. The largest absolute Gasteiger partial charge is 0.497 e. The Morgan fingerprint density at radius 2 is 1.63 bits per heavy atom. The highest BCUT2D eigenvalue weighted by molar-refractivity contribution is 6.03. The second-order valence-corrected chi connectivity index (χ2v) is 9.50. The molecule has 0 saturated heterocycles. The van der Waals surface area contributed by atoms with Crippen LogP contribution < -0.4 is 19.7 Å². The van der Waals surface area contributed by atoms with Gasteiger partial charge < -0.3 is 14.8 Å². The maximum atomic E-state index is 14.4. The number of benzene rings is 4. The molecular weight excluding hydrogens is 518 g/mol. The van der Waals surface area contributed by atoms with E-state index < -0.39 is 6.04 Å². The number of nitrogens with one attached hydrogen (secondary N) is 1. The standard InChI is InChI=1S/C32H31N5O4/c1-22-11-7-8-14-25(22)31(32(39)33-20-23-12-5-4-6-13-23)37(28-19-24(40-2)17-18-29(28)41-3)30(38)21-36-27-16-10-9-15-26(27)34-35-36/h4-19,31H,20-21H2,1-3H3,(H,33,39). The van der Waals surface area contributed by atoms with Gasteiger partial charge in [0.2, 0.25) is 11.8 Å². The number of nitrogens with zero attached hydrogens (tertiary/aromatic N) is 4. The van der Waals surface area contributed by atoms with E-state index in [2.05, 4.69) is 15.6 Å². The van der Waals surface area contributed by atoms with Crippen molar-refractivity contribution in [2.45, 2.75) is 26.1 Å². The topological polar surface area (TPSA) is 98.6 Å². The highest BCUT2D eigenvalue weighted by atomic mass is 16.5. The number of aryl methyl sites for hydroxylation is 1. The van der Waals surface area contributed by atoms with E-state index in [0.717, 1.165) is 11.1 Å². The summed E-state index contributed by atoms with van der Waals surface area (Å²) in [5.41, 5.74) is 4.25. The number of hydrogen-bond donors (Lipinski definition) is 1. The molecule has 1 aromatic heterocycles. The van der Waals surface area contributed by atoms with Gasteiger partial charge >= 0.3 is 0 Å². The minimum atomic E-state index is -1.02. The number of amides is 2.